The van der Waals surface area contributed by atoms with Crippen LogP contribution in [-0.4, -0.2) is 34.2 Å². The Hall–Kier alpha value is -2.43. The summed E-state index contributed by atoms with van der Waals surface area (Å²) < 4.78 is 0. The molecule has 2 heterocycles. The van der Waals surface area contributed by atoms with E-state index in [0.29, 0.717) is 23.8 Å². The van der Waals surface area contributed by atoms with Crippen LogP contribution >= 0.6 is 0 Å². The van der Waals surface area contributed by atoms with E-state index < -0.39 is 0 Å². The minimum Gasteiger partial charge on any atom is -0.368 e. The highest BCUT2D eigenvalue weighted by molar-refractivity contribution is 5.97. The average Bonchev–Trinajstić information content (AvgIpc) is 2.75. The number of allylic oxidation sites excluding steroid dienone is 1. The first-order valence-electron chi connectivity index (χ1n) is 6.91. The summed E-state index contributed by atoms with van der Waals surface area (Å²) in [5.74, 6) is 0.586. The lowest BCUT2D eigenvalue weighted by Crippen LogP contribution is -2.26. The molecule has 0 fully saturated rings. The van der Waals surface area contributed by atoms with Gasteiger partial charge in [-0.3, -0.25) is 9.59 Å². The van der Waals surface area contributed by atoms with Gasteiger partial charge in [-0.2, -0.15) is 0 Å². The number of nitrogens with zero attached hydrogens (tertiary/aromatic N) is 2. The van der Waals surface area contributed by atoms with Crippen LogP contribution in [0.15, 0.2) is 42.8 Å². The number of ketones is 1. The summed E-state index contributed by atoms with van der Waals surface area (Å²) in [6, 6.07) is 3.83. The number of nitrogens with one attached hydrogen (secondary N) is 1. The standard InChI is InChI=1S/C16H19N3O2/c1-11(2)18-15-6-5-13(10-17-15)14(20)8-9-19-12(3)4-7-16(19)21/h4-7,10-11H,3,8-9H2,1-2H3,(H,17,18). The van der Waals surface area contributed by atoms with Crippen LogP contribution in [0, 0.1) is 0 Å². The summed E-state index contributed by atoms with van der Waals surface area (Å²) in [5, 5.41) is 3.16. The van der Waals surface area contributed by atoms with Crippen molar-refractivity contribution in [2.75, 3.05) is 11.9 Å². The van der Waals surface area contributed by atoms with Crippen LogP contribution < -0.4 is 5.32 Å². The Morgan fingerprint density at radius 3 is 2.67 bits per heavy atom. The third-order valence-electron chi connectivity index (χ3n) is 3.12. The van der Waals surface area contributed by atoms with Gasteiger partial charge in [0.15, 0.2) is 5.78 Å². The molecule has 5 nitrogen and oxygen atoms in total. The van der Waals surface area contributed by atoms with Gasteiger partial charge in [-0.1, -0.05) is 6.58 Å². The predicted molar refractivity (Wildman–Crippen MR) is 81.9 cm³/mol. The normalized spacial score (nSPS) is 14.1. The highest BCUT2D eigenvalue weighted by atomic mass is 16.2. The molecule has 1 aromatic heterocycles. The second-order valence-corrected chi connectivity index (χ2v) is 5.22. The number of aromatic nitrogens is 1. The number of Topliss-reactive ketones (excluding diaryl/α,β-unsaturated/α-hetero) is 1. The summed E-state index contributed by atoms with van der Waals surface area (Å²) >= 11 is 0. The average molecular weight is 285 g/mol. The minimum absolute atomic E-state index is 0.0360. The van der Waals surface area contributed by atoms with E-state index in [1.807, 2.05) is 13.8 Å². The molecule has 0 saturated heterocycles. The lowest BCUT2D eigenvalue weighted by Gasteiger charge is -2.16. The SMILES string of the molecule is C=C1C=CC(=O)N1CCC(=O)c1ccc(NC(C)C)nc1. The number of hydrogen-bond donors (Lipinski definition) is 1. The Morgan fingerprint density at radius 2 is 2.14 bits per heavy atom. The molecule has 2 rings (SSSR count). The molecule has 0 bridgehead atoms. The number of carbonyl (C=O) groups excluding carboxylic acids is 2. The quantitative estimate of drug-likeness (QED) is 0.815. The van der Waals surface area contributed by atoms with Gasteiger partial charge in [0, 0.05) is 42.5 Å². The zero-order valence-corrected chi connectivity index (χ0v) is 12.3. The lowest BCUT2D eigenvalue weighted by atomic mass is 10.1. The van der Waals surface area contributed by atoms with Gasteiger partial charge in [0.05, 0.1) is 0 Å². The molecular formula is C16H19N3O2. The maximum Gasteiger partial charge on any atom is 0.251 e. The van der Waals surface area contributed by atoms with E-state index in [-0.39, 0.29) is 18.1 Å². The number of pyridine rings is 1. The molecule has 1 aliphatic rings. The van der Waals surface area contributed by atoms with Gasteiger partial charge in [0.25, 0.3) is 5.91 Å². The van der Waals surface area contributed by atoms with E-state index >= 15 is 0 Å². The second kappa shape index (κ2) is 6.35. The summed E-state index contributed by atoms with van der Waals surface area (Å²) in [4.78, 5) is 29.3. The Bertz CT molecular complexity index is 570. The number of anilines is 1. The van der Waals surface area contributed by atoms with E-state index in [0.717, 1.165) is 5.82 Å². The summed E-state index contributed by atoms with van der Waals surface area (Å²) in [6.45, 7) is 8.15. The van der Waals surface area contributed by atoms with Crippen LogP contribution in [-0.2, 0) is 4.79 Å². The number of hydrogen-bond acceptors (Lipinski definition) is 4. The molecule has 21 heavy (non-hydrogen) atoms. The van der Waals surface area contributed by atoms with Crippen molar-refractivity contribution in [3.05, 3.63) is 48.3 Å². The van der Waals surface area contributed by atoms with E-state index in [2.05, 4.69) is 16.9 Å². The Balaban J connectivity index is 1.91. The van der Waals surface area contributed by atoms with Crippen LogP contribution in [0.25, 0.3) is 0 Å². The molecule has 0 radical (unpaired) electrons. The highest BCUT2D eigenvalue weighted by Gasteiger charge is 2.19. The molecule has 0 saturated carbocycles. The van der Waals surface area contributed by atoms with E-state index in [1.54, 1.807) is 24.4 Å². The van der Waals surface area contributed by atoms with Crippen molar-refractivity contribution in [3.8, 4) is 0 Å². The molecular weight excluding hydrogens is 266 g/mol. The van der Waals surface area contributed by atoms with Crippen molar-refractivity contribution in [3.63, 3.8) is 0 Å². The van der Waals surface area contributed by atoms with Gasteiger partial charge in [-0.25, -0.2) is 4.98 Å². The maximum absolute atomic E-state index is 12.1. The molecule has 1 aromatic rings. The lowest BCUT2D eigenvalue weighted by molar-refractivity contribution is -0.123. The van der Waals surface area contributed by atoms with E-state index in [1.165, 1.54) is 11.0 Å². The molecule has 5 heteroatoms. The first kappa shape index (κ1) is 15.0. The molecule has 0 aromatic carbocycles. The number of rotatable bonds is 6. The smallest absolute Gasteiger partial charge is 0.251 e. The predicted octanol–water partition coefficient (Wildman–Crippen LogP) is 2.39. The van der Waals surface area contributed by atoms with Crippen molar-refractivity contribution < 1.29 is 9.59 Å². The van der Waals surface area contributed by atoms with Gasteiger partial charge < -0.3 is 10.2 Å². The molecule has 0 aliphatic carbocycles. The third kappa shape index (κ3) is 3.78. The fraction of sp³-hybridized carbons (Fsp3) is 0.312. The van der Waals surface area contributed by atoms with Crippen molar-refractivity contribution in [2.45, 2.75) is 26.3 Å². The van der Waals surface area contributed by atoms with Gasteiger partial charge in [0.1, 0.15) is 5.82 Å². The van der Waals surface area contributed by atoms with E-state index in [4.69, 9.17) is 0 Å². The first-order chi connectivity index (χ1) is 9.97. The Morgan fingerprint density at radius 1 is 1.38 bits per heavy atom. The zero-order valence-electron chi connectivity index (χ0n) is 12.3. The summed E-state index contributed by atoms with van der Waals surface area (Å²) in [7, 11) is 0. The molecule has 1 amide bonds. The molecule has 110 valence electrons. The van der Waals surface area contributed by atoms with Crippen molar-refractivity contribution in [1.29, 1.82) is 0 Å². The monoisotopic (exact) mass is 285 g/mol. The Kier molecular flexibility index (Phi) is 4.52. The van der Waals surface area contributed by atoms with Gasteiger partial charge in [-0.15, -0.1) is 0 Å². The minimum atomic E-state index is -0.123. The fourth-order valence-corrected chi connectivity index (χ4v) is 2.04. The van der Waals surface area contributed by atoms with Crippen LogP contribution in [0.2, 0.25) is 0 Å². The molecule has 0 spiro atoms. The van der Waals surface area contributed by atoms with Crippen molar-refractivity contribution >= 4 is 17.5 Å². The Labute approximate surface area is 124 Å². The first-order valence-corrected chi connectivity index (χ1v) is 6.91. The van der Waals surface area contributed by atoms with Crippen LogP contribution in [0.5, 0.6) is 0 Å². The highest BCUT2D eigenvalue weighted by Crippen LogP contribution is 2.15. The van der Waals surface area contributed by atoms with Crippen molar-refractivity contribution in [2.24, 2.45) is 0 Å². The van der Waals surface area contributed by atoms with Crippen LogP contribution in [0.4, 0.5) is 5.82 Å². The molecule has 0 atom stereocenters. The summed E-state index contributed by atoms with van der Waals surface area (Å²) in [5.41, 5.74) is 1.18. The van der Waals surface area contributed by atoms with Crippen LogP contribution in [0.1, 0.15) is 30.6 Å². The largest absolute Gasteiger partial charge is 0.368 e. The van der Waals surface area contributed by atoms with Crippen molar-refractivity contribution in [1.82, 2.24) is 9.88 Å². The fourth-order valence-electron chi connectivity index (χ4n) is 2.04. The van der Waals surface area contributed by atoms with Gasteiger partial charge >= 0.3 is 0 Å². The molecule has 0 unspecified atom stereocenters. The zero-order chi connectivity index (χ0) is 15.4. The van der Waals surface area contributed by atoms with Crippen LogP contribution in [0.3, 0.4) is 0 Å². The van der Waals surface area contributed by atoms with Gasteiger partial charge in [-0.05, 0) is 32.1 Å². The van der Waals surface area contributed by atoms with Gasteiger partial charge in [0.2, 0.25) is 0 Å². The topological polar surface area (TPSA) is 62.3 Å². The number of amides is 1. The maximum atomic E-state index is 12.1. The molecule has 1 N–H and O–H groups in total. The third-order valence-corrected chi connectivity index (χ3v) is 3.12. The summed E-state index contributed by atoms with van der Waals surface area (Å²) in [6.07, 6.45) is 4.93. The second-order valence-electron chi connectivity index (χ2n) is 5.22. The molecule has 1 aliphatic heterocycles. The van der Waals surface area contributed by atoms with E-state index in [9.17, 15) is 9.59 Å². The number of carbonyl (C=O) groups is 2.